The van der Waals surface area contributed by atoms with Crippen LogP contribution >= 0.6 is 0 Å². The Morgan fingerprint density at radius 2 is 0.706 bits per heavy atom. The molecule has 109 heavy (non-hydrogen) atoms. The fourth-order valence-electron chi connectivity index (χ4n) is 11.8. The zero-order valence-electron chi connectivity index (χ0n) is 63.8. The van der Waals surface area contributed by atoms with Gasteiger partial charge in [-0.1, -0.05) is 46.0 Å². The standard InChI is InChI=1S/C71H124N4O34/c1-43-53(82)55(84)51(74-45(3)76)67(104-43)106-61-57(86)59(88)69(108-63(61)65(90)91)102-26-14-10-7-8-12-17-47(78)19-28-95-34-38-99-40-36-97-32-24-73-50(81)22-31-101-42-71(5,6)41-100-29-20-48(79)18-16-25-94-33-37-98-39-35-96-30-21-49(80)72-23-13-9-11-15-27-103-70-60(89)58(87)62(64(109-70)66(92)93)107-68-52(75-46(4)77)56(85)54(83)44(2)105-68/h43-44,51-64,67-70,82-89H,7-42H2,1-6H3,(H,72,80)(H,73,81)(H,74,76)(H,75,77)(H,90,91)(H,92,93). The molecule has 4 amide bonds. The number of unbranched alkanes of at least 4 members (excludes halogenated alkanes) is 7. The maximum atomic E-state index is 12.4. The van der Waals surface area contributed by atoms with Gasteiger partial charge in [-0.05, 0) is 46.0 Å². The number of nitrogens with one attached hydrogen (secondary N) is 4. The van der Waals surface area contributed by atoms with E-state index < -0.39 is 146 Å². The van der Waals surface area contributed by atoms with Gasteiger partial charge in [-0.15, -0.1) is 0 Å². The summed E-state index contributed by atoms with van der Waals surface area (Å²) in [7, 11) is 0. The molecule has 0 bridgehead atoms. The van der Waals surface area contributed by atoms with Crippen LogP contribution in [0.4, 0.5) is 0 Å². The van der Waals surface area contributed by atoms with Gasteiger partial charge in [-0.25, -0.2) is 9.59 Å². The molecule has 0 saturated carbocycles. The first kappa shape index (κ1) is 96.6. The van der Waals surface area contributed by atoms with E-state index in [4.69, 9.17) is 75.8 Å². The first-order valence-corrected chi connectivity index (χ1v) is 37.8. The molecular formula is C71H124N4O34. The number of aliphatic hydroxyl groups is 8. The van der Waals surface area contributed by atoms with Crippen molar-refractivity contribution in [1.29, 1.82) is 0 Å². The maximum Gasteiger partial charge on any atom is 0.335 e. The molecule has 4 aliphatic heterocycles. The minimum absolute atomic E-state index is 0.0570. The van der Waals surface area contributed by atoms with Crippen LogP contribution in [0.1, 0.15) is 144 Å². The Kier molecular flexibility index (Phi) is 47.9. The fourth-order valence-corrected chi connectivity index (χ4v) is 11.8. The van der Waals surface area contributed by atoms with Crippen molar-refractivity contribution in [3.05, 3.63) is 0 Å². The molecule has 0 radical (unpaired) electrons. The van der Waals surface area contributed by atoms with Crippen LogP contribution in [0.5, 0.6) is 0 Å². The minimum atomic E-state index is -1.84. The van der Waals surface area contributed by atoms with Crippen molar-refractivity contribution >= 4 is 47.1 Å². The number of ether oxygens (including phenoxy) is 16. The summed E-state index contributed by atoms with van der Waals surface area (Å²) in [5, 5.41) is 115. The Balaban J connectivity index is 0.842. The maximum absolute atomic E-state index is 12.4. The van der Waals surface area contributed by atoms with Gasteiger partial charge < -0.3 is 148 Å². The summed E-state index contributed by atoms with van der Waals surface area (Å²) in [4.78, 5) is 97.2. The van der Waals surface area contributed by atoms with E-state index in [1.54, 1.807) is 0 Å². The lowest BCUT2D eigenvalue weighted by atomic mass is 9.95. The lowest BCUT2D eigenvalue weighted by molar-refractivity contribution is -0.338. The molecule has 0 aromatic rings. The number of carboxylic acid groups (broad SMARTS) is 2. The van der Waals surface area contributed by atoms with E-state index >= 15 is 0 Å². The number of Topliss-reactive ketones (excluding diaryl/α,β-unsaturated/α-hetero) is 2. The van der Waals surface area contributed by atoms with Crippen molar-refractivity contribution in [1.82, 2.24) is 21.3 Å². The van der Waals surface area contributed by atoms with Crippen LogP contribution in [-0.2, 0) is 114 Å². The highest BCUT2D eigenvalue weighted by Gasteiger charge is 2.55. The van der Waals surface area contributed by atoms with Crippen LogP contribution in [-0.4, -0.2) is 353 Å². The second-order valence-electron chi connectivity index (χ2n) is 28.0. The molecule has 4 fully saturated rings. The third kappa shape index (κ3) is 37.8. The third-order valence-electron chi connectivity index (χ3n) is 17.9. The molecule has 38 nitrogen and oxygen atoms in total. The van der Waals surface area contributed by atoms with E-state index in [1.165, 1.54) is 13.8 Å². The lowest BCUT2D eigenvalue weighted by Crippen LogP contribution is -2.67. The van der Waals surface area contributed by atoms with E-state index in [9.17, 15) is 89.4 Å². The van der Waals surface area contributed by atoms with Gasteiger partial charge in [0.15, 0.2) is 37.4 Å². The van der Waals surface area contributed by atoms with Crippen molar-refractivity contribution in [2.24, 2.45) is 5.41 Å². The Labute approximate surface area is 636 Å². The van der Waals surface area contributed by atoms with Crippen LogP contribution in [0.3, 0.4) is 0 Å². The van der Waals surface area contributed by atoms with Crippen molar-refractivity contribution in [2.45, 2.75) is 267 Å². The molecule has 4 saturated heterocycles. The van der Waals surface area contributed by atoms with E-state index in [0.29, 0.717) is 150 Å². The molecule has 4 rings (SSSR count). The average molecular weight is 1580 g/mol. The topological polar surface area (TPSA) is 535 Å². The largest absolute Gasteiger partial charge is 0.479 e. The summed E-state index contributed by atoms with van der Waals surface area (Å²) >= 11 is 0. The number of aliphatic carboxylic acids is 2. The summed E-state index contributed by atoms with van der Waals surface area (Å²) in [6, 6.07) is -2.66. The van der Waals surface area contributed by atoms with E-state index in [-0.39, 0.29) is 94.1 Å². The summed E-state index contributed by atoms with van der Waals surface area (Å²) in [5.74, 6) is -4.47. The quantitative estimate of drug-likeness (QED) is 0.0282. The predicted octanol–water partition coefficient (Wildman–Crippen LogP) is -2.43. The first-order valence-electron chi connectivity index (χ1n) is 37.8. The highest BCUT2D eigenvalue weighted by Crippen LogP contribution is 2.33. The normalized spacial score (nSPS) is 28.6. The number of amides is 4. The molecule has 0 aliphatic carbocycles. The minimum Gasteiger partial charge on any atom is -0.479 e. The lowest BCUT2D eigenvalue weighted by Gasteiger charge is -2.46. The Hall–Kier alpha value is -4.80. The first-order chi connectivity index (χ1) is 52.0. The molecule has 0 spiro atoms. The Morgan fingerprint density at radius 3 is 1.15 bits per heavy atom. The van der Waals surface area contributed by atoms with E-state index in [2.05, 4.69) is 21.3 Å². The van der Waals surface area contributed by atoms with Gasteiger partial charge in [0.25, 0.3) is 0 Å². The number of ketones is 2. The second kappa shape index (κ2) is 54.1. The summed E-state index contributed by atoms with van der Waals surface area (Å²) in [5.41, 5.74) is -0.340. The molecule has 0 aromatic heterocycles. The van der Waals surface area contributed by atoms with Crippen LogP contribution in [0.15, 0.2) is 0 Å². The van der Waals surface area contributed by atoms with Gasteiger partial charge >= 0.3 is 11.9 Å². The summed E-state index contributed by atoms with van der Waals surface area (Å²) in [6.45, 7) is 15.0. The molecular weight excluding hydrogens is 1450 g/mol. The molecule has 0 aromatic carbocycles. The zero-order valence-corrected chi connectivity index (χ0v) is 63.8. The van der Waals surface area contributed by atoms with Crippen LogP contribution < -0.4 is 21.3 Å². The molecule has 632 valence electrons. The summed E-state index contributed by atoms with van der Waals surface area (Å²) in [6.07, 6.45) is -19.9. The number of carbonyl (C=O) groups excluding carboxylic acids is 6. The van der Waals surface area contributed by atoms with Gasteiger partial charge in [0.2, 0.25) is 23.6 Å². The van der Waals surface area contributed by atoms with Crippen LogP contribution in [0.2, 0.25) is 0 Å². The molecule has 20 atom stereocenters. The predicted molar refractivity (Wildman–Crippen MR) is 376 cm³/mol. The van der Waals surface area contributed by atoms with Gasteiger partial charge in [-0.2, -0.15) is 0 Å². The molecule has 14 N–H and O–H groups in total. The second-order valence-corrected chi connectivity index (χ2v) is 28.0. The van der Waals surface area contributed by atoms with Crippen LogP contribution in [0.25, 0.3) is 0 Å². The number of aliphatic hydroxyl groups excluding tert-OH is 8. The summed E-state index contributed by atoms with van der Waals surface area (Å²) < 4.78 is 89.4. The SMILES string of the molecule is CC(=O)NC1C(OC2C(C(=O)O)OC(OCCCCCCCC(=O)CCOCCOCCOCCNC(=O)CCOCC(C)(C)COCCC(=O)CCCOCCOCCOCCC(=O)NCCCCCCOC3OC(C(=O)O)C(OC4OC(C)C(O)C(O)C4NC(C)=O)C(O)C3O)C(O)C2O)OC(C)C(O)C1O. The van der Waals surface area contributed by atoms with Crippen LogP contribution in [0, 0.1) is 5.41 Å². The third-order valence-corrected chi connectivity index (χ3v) is 17.9. The van der Waals surface area contributed by atoms with E-state index in [0.717, 1.165) is 33.1 Å². The average Bonchev–Trinajstić information content (AvgIpc) is 0.785. The zero-order chi connectivity index (χ0) is 80.3. The van der Waals surface area contributed by atoms with Gasteiger partial charge in [-0.3, -0.25) is 28.8 Å². The molecule has 20 unspecified atom stereocenters. The Bertz CT molecular complexity index is 2440. The van der Waals surface area contributed by atoms with E-state index in [1.807, 2.05) is 13.8 Å². The highest BCUT2D eigenvalue weighted by atomic mass is 16.8. The van der Waals surface area contributed by atoms with Gasteiger partial charge in [0.05, 0.1) is 111 Å². The molecule has 4 heterocycles. The number of carbonyl (C=O) groups is 8. The van der Waals surface area contributed by atoms with Gasteiger partial charge in [0.1, 0.15) is 84.7 Å². The molecule has 38 heteroatoms. The number of rotatable bonds is 60. The van der Waals surface area contributed by atoms with Crippen molar-refractivity contribution in [2.75, 3.05) is 132 Å². The van der Waals surface area contributed by atoms with Crippen molar-refractivity contribution < 1.29 is 165 Å². The monoisotopic (exact) mass is 1580 g/mol. The smallest absolute Gasteiger partial charge is 0.335 e. The van der Waals surface area contributed by atoms with Gasteiger partial charge in [0, 0.05) is 90.7 Å². The van der Waals surface area contributed by atoms with Crippen molar-refractivity contribution in [3.63, 3.8) is 0 Å². The fraction of sp³-hybridized carbons (Fsp3) is 0.887. The molecule has 4 aliphatic rings. The number of hydrogen-bond acceptors (Lipinski definition) is 32. The highest BCUT2D eigenvalue weighted by molar-refractivity contribution is 5.79. The van der Waals surface area contributed by atoms with Crippen molar-refractivity contribution in [3.8, 4) is 0 Å². The Morgan fingerprint density at radius 1 is 0.349 bits per heavy atom. The number of hydrogen-bond donors (Lipinski definition) is 14. The number of carboxylic acids is 2.